The largest absolute Gasteiger partial charge is 0.469 e. The number of esters is 1. The number of ether oxygens (including phenoxy) is 1. The Labute approximate surface area is 118 Å². The summed E-state index contributed by atoms with van der Waals surface area (Å²) < 4.78 is 4.79. The van der Waals surface area contributed by atoms with Gasteiger partial charge < -0.3 is 4.74 Å². The van der Waals surface area contributed by atoms with Crippen LogP contribution in [0.4, 0.5) is 0 Å². The normalized spacial score (nSPS) is 14.1. The van der Waals surface area contributed by atoms with Gasteiger partial charge in [-0.15, -0.1) is 11.8 Å². The number of methoxy groups -OCH3 is 1. The maximum absolute atomic E-state index is 11.5. The SMILES string of the molecule is COC(=O)C(C)C(C)Sc1ccc2ccccc2c1. The highest BCUT2D eigenvalue weighted by molar-refractivity contribution is 8.00. The summed E-state index contributed by atoms with van der Waals surface area (Å²) in [5, 5.41) is 2.65. The van der Waals surface area contributed by atoms with Crippen LogP contribution < -0.4 is 0 Å². The summed E-state index contributed by atoms with van der Waals surface area (Å²) in [7, 11) is 1.44. The molecule has 0 radical (unpaired) electrons. The van der Waals surface area contributed by atoms with E-state index >= 15 is 0 Å². The summed E-state index contributed by atoms with van der Waals surface area (Å²) in [6, 6.07) is 14.7. The van der Waals surface area contributed by atoms with E-state index in [2.05, 4.69) is 37.3 Å². The van der Waals surface area contributed by atoms with Gasteiger partial charge in [0.25, 0.3) is 0 Å². The van der Waals surface area contributed by atoms with Gasteiger partial charge >= 0.3 is 5.97 Å². The molecule has 2 aromatic rings. The Bertz CT molecular complexity index is 580. The van der Waals surface area contributed by atoms with Crippen LogP contribution in [0.25, 0.3) is 10.8 Å². The van der Waals surface area contributed by atoms with Crippen LogP contribution >= 0.6 is 11.8 Å². The van der Waals surface area contributed by atoms with Crippen molar-refractivity contribution in [1.82, 2.24) is 0 Å². The van der Waals surface area contributed by atoms with E-state index < -0.39 is 0 Å². The van der Waals surface area contributed by atoms with Crippen molar-refractivity contribution in [3.8, 4) is 0 Å². The van der Waals surface area contributed by atoms with E-state index in [0.717, 1.165) is 0 Å². The van der Waals surface area contributed by atoms with Crippen LogP contribution in [0, 0.1) is 5.92 Å². The first-order chi connectivity index (χ1) is 9.11. The van der Waals surface area contributed by atoms with Gasteiger partial charge in [0, 0.05) is 10.1 Å². The maximum atomic E-state index is 11.5. The third-order valence-corrected chi connectivity index (χ3v) is 4.63. The fourth-order valence-electron chi connectivity index (χ4n) is 1.93. The summed E-state index contributed by atoms with van der Waals surface area (Å²) in [5.74, 6) is -0.262. The van der Waals surface area contributed by atoms with Crippen molar-refractivity contribution in [1.29, 1.82) is 0 Å². The molecule has 0 saturated heterocycles. The average Bonchev–Trinajstić information content (AvgIpc) is 2.45. The van der Waals surface area contributed by atoms with Crippen LogP contribution in [-0.4, -0.2) is 18.3 Å². The van der Waals surface area contributed by atoms with Gasteiger partial charge in [-0.1, -0.05) is 44.2 Å². The molecule has 0 aliphatic rings. The lowest BCUT2D eigenvalue weighted by Crippen LogP contribution is -2.21. The third kappa shape index (κ3) is 3.29. The quantitative estimate of drug-likeness (QED) is 0.619. The van der Waals surface area contributed by atoms with Crippen LogP contribution in [0.2, 0.25) is 0 Å². The second kappa shape index (κ2) is 6.11. The van der Waals surface area contributed by atoms with Gasteiger partial charge in [-0.2, -0.15) is 0 Å². The first-order valence-electron chi connectivity index (χ1n) is 6.35. The summed E-state index contributed by atoms with van der Waals surface area (Å²) in [6.45, 7) is 3.96. The third-order valence-electron chi connectivity index (χ3n) is 3.32. The van der Waals surface area contributed by atoms with Crippen molar-refractivity contribution < 1.29 is 9.53 Å². The second-order valence-corrected chi connectivity index (χ2v) is 6.09. The zero-order valence-corrected chi connectivity index (χ0v) is 12.2. The van der Waals surface area contributed by atoms with Gasteiger partial charge in [-0.3, -0.25) is 4.79 Å². The Morgan fingerprint density at radius 3 is 2.47 bits per heavy atom. The number of carbonyl (C=O) groups is 1. The first-order valence-corrected chi connectivity index (χ1v) is 7.23. The molecular formula is C16H18O2S. The summed E-state index contributed by atoms with van der Waals surface area (Å²) in [4.78, 5) is 12.7. The highest BCUT2D eigenvalue weighted by atomic mass is 32.2. The smallest absolute Gasteiger partial charge is 0.309 e. The molecule has 19 heavy (non-hydrogen) atoms. The molecule has 2 rings (SSSR count). The predicted molar refractivity (Wildman–Crippen MR) is 80.4 cm³/mol. The number of carbonyl (C=O) groups excluding carboxylic acids is 1. The lowest BCUT2D eigenvalue weighted by molar-refractivity contribution is -0.144. The van der Waals surface area contributed by atoms with Crippen LogP contribution in [0.3, 0.4) is 0 Å². The Kier molecular flexibility index (Phi) is 4.48. The molecule has 0 bridgehead atoms. The zero-order valence-electron chi connectivity index (χ0n) is 11.4. The molecule has 0 amide bonds. The Hall–Kier alpha value is -1.48. The van der Waals surface area contributed by atoms with E-state index in [1.807, 2.05) is 19.1 Å². The Morgan fingerprint density at radius 2 is 1.79 bits per heavy atom. The number of rotatable bonds is 4. The van der Waals surface area contributed by atoms with E-state index in [-0.39, 0.29) is 17.1 Å². The maximum Gasteiger partial charge on any atom is 0.309 e. The highest BCUT2D eigenvalue weighted by Crippen LogP contribution is 2.30. The summed E-state index contributed by atoms with van der Waals surface area (Å²) in [5.41, 5.74) is 0. The van der Waals surface area contributed by atoms with Crippen LogP contribution in [0.1, 0.15) is 13.8 Å². The minimum absolute atomic E-state index is 0.110. The Balaban J connectivity index is 2.14. The second-order valence-electron chi connectivity index (χ2n) is 4.64. The van der Waals surface area contributed by atoms with Gasteiger partial charge in [-0.25, -0.2) is 0 Å². The molecule has 2 unspecified atom stereocenters. The van der Waals surface area contributed by atoms with E-state index in [9.17, 15) is 4.79 Å². The van der Waals surface area contributed by atoms with Crippen LogP contribution in [-0.2, 0) is 9.53 Å². The van der Waals surface area contributed by atoms with Gasteiger partial charge in [0.2, 0.25) is 0 Å². The summed E-state index contributed by atoms with van der Waals surface area (Å²) in [6.07, 6.45) is 0. The minimum Gasteiger partial charge on any atom is -0.469 e. The molecule has 0 saturated carbocycles. The van der Waals surface area contributed by atoms with Crippen LogP contribution in [0.15, 0.2) is 47.4 Å². The van der Waals surface area contributed by atoms with E-state index in [1.54, 1.807) is 11.8 Å². The fraction of sp³-hybridized carbons (Fsp3) is 0.312. The van der Waals surface area contributed by atoms with Crippen LogP contribution in [0.5, 0.6) is 0 Å². The van der Waals surface area contributed by atoms with Gasteiger partial charge in [-0.05, 0) is 22.9 Å². The molecule has 2 atom stereocenters. The van der Waals surface area contributed by atoms with Gasteiger partial charge in [0.1, 0.15) is 0 Å². The van der Waals surface area contributed by atoms with E-state index in [1.165, 1.54) is 22.8 Å². The topological polar surface area (TPSA) is 26.3 Å². The molecule has 0 aliphatic carbocycles. The fourth-order valence-corrected chi connectivity index (χ4v) is 3.02. The lowest BCUT2D eigenvalue weighted by atomic mass is 10.1. The number of fused-ring (bicyclic) bond motifs is 1. The standard InChI is InChI=1S/C16H18O2S/c1-11(16(17)18-3)12(2)19-15-9-8-13-6-4-5-7-14(13)10-15/h4-12H,1-3H3. The predicted octanol–water partition coefficient (Wildman–Crippen LogP) is 4.13. The van der Waals surface area contributed by atoms with E-state index in [0.29, 0.717) is 0 Å². The molecule has 0 N–H and O–H groups in total. The number of benzene rings is 2. The van der Waals surface area contributed by atoms with Crippen molar-refractivity contribution in [3.05, 3.63) is 42.5 Å². The van der Waals surface area contributed by atoms with Crippen molar-refractivity contribution >= 4 is 28.5 Å². The molecule has 0 fully saturated rings. The van der Waals surface area contributed by atoms with Crippen molar-refractivity contribution in [3.63, 3.8) is 0 Å². The monoisotopic (exact) mass is 274 g/mol. The molecule has 100 valence electrons. The molecule has 3 heteroatoms. The zero-order chi connectivity index (χ0) is 13.8. The molecule has 0 heterocycles. The molecule has 0 aromatic heterocycles. The van der Waals surface area contributed by atoms with Crippen molar-refractivity contribution in [2.75, 3.05) is 7.11 Å². The number of thioether (sulfide) groups is 1. The number of hydrogen-bond donors (Lipinski definition) is 0. The first kappa shape index (κ1) is 13.9. The highest BCUT2D eigenvalue weighted by Gasteiger charge is 2.21. The van der Waals surface area contributed by atoms with Crippen molar-refractivity contribution in [2.24, 2.45) is 5.92 Å². The van der Waals surface area contributed by atoms with Crippen molar-refractivity contribution in [2.45, 2.75) is 24.0 Å². The molecule has 2 aromatic carbocycles. The lowest BCUT2D eigenvalue weighted by Gasteiger charge is -2.17. The molecule has 0 spiro atoms. The minimum atomic E-state index is -0.152. The molecule has 0 aliphatic heterocycles. The van der Waals surface area contributed by atoms with E-state index in [4.69, 9.17) is 4.74 Å². The van der Waals surface area contributed by atoms with Gasteiger partial charge in [0.05, 0.1) is 13.0 Å². The Morgan fingerprint density at radius 1 is 1.11 bits per heavy atom. The average molecular weight is 274 g/mol. The number of hydrogen-bond acceptors (Lipinski definition) is 3. The molecule has 2 nitrogen and oxygen atoms in total. The van der Waals surface area contributed by atoms with Gasteiger partial charge in [0.15, 0.2) is 0 Å². The molecular weight excluding hydrogens is 256 g/mol. The summed E-state index contributed by atoms with van der Waals surface area (Å²) >= 11 is 1.71.